The Morgan fingerprint density at radius 3 is 2.89 bits per heavy atom. The molecule has 1 aromatic heterocycles. The summed E-state index contributed by atoms with van der Waals surface area (Å²) in [5, 5.41) is 7.95. The van der Waals surface area contributed by atoms with E-state index in [9.17, 15) is 0 Å². The number of halogens is 1. The highest BCUT2D eigenvalue weighted by atomic mass is 35.5. The van der Waals surface area contributed by atoms with E-state index in [1.54, 1.807) is 0 Å². The predicted molar refractivity (Wildman–Crippen MR) is 79.6 cm³/mol. The second kappa shape index (κ2) is 6.25. The minimum absolute atomic E-state index is 0. The number of likely N-dealkylation sites (tertiary alicyclic amines) is 1. The lowest BCUT2D eigenvalue weighted by Gasteiger charge is -2.34. The van der Waals surface area contributed by atoms with Gasteiger partial charge in [0.05, 0.1) is 6.20 Å². The molecule has 2 fully saturated rings. The second-order valence-corrected chi connectivity index (χ2v) is 6.12. The molecule has 108 valence electrons. The minimum atomic E-state index is 0. The number of fused-ring (bicyclic) bond motifs is 1. The number of hydrogen-bond acceptors (Lipinski definition) is 3. The van der Waals surface area contributed by atoms with Crippen molar-refractivity contribution in [1.29, 1.82) is 0 Å². The maximum absolute atomic E-state index is 4.43. The van der Waals surface area contributed by atoms with Crippen molar-refractivity contribution in [3.63, 3.8) is 0 Å². The molecule has 0 bridgehead atoms. The lowest BCUT2D eigenvalue weighted by molar-refractivity contribution is 0.142. The van der Waals surface area contributed by atoms with Gasteiger partial charge in [-0.2, -0.15) is 5.10 Å². The Bertz CT molecular complexity index is 404. The summed E-state index contributed by atoms with van der Waals surface area (Å²) in [6, 6.07) is 0.462. The number of aromatic nitrogens is 2. The standard InChI is InChI=1S/C14H24N4.ClH/c1-11(2)18-9-12(5-16-18)8-17-4-3-13-6-15-7-14(13)10-17;/h5,9,11,13-15H,3-4,6-8,10H2,1-2H3;1H. The normalized spacial score (nSPS) is 27.3. The highest BCUT2D eigenvalue weighted by Gasteiger charge is 2.32. The molecule has 0 saturated carbocycles. The molecule has 2 atom stereocenters. The van der Waals surface area contributed by atoms with E-state index < -0.39 is 0 Å². The van der Waals surface area contributed by atoms with Crippen molar-refractivity contribution in [1.82, 2.24) is 20.0 Å². The number of nitrogens with one attached hydrogen (secondary N) is 1. The first-order chi connectivity index (χ1) is 8.72. The zero-order valence-electron chi connectivity index (χ0n) is 11.9. The molecule has 0 radical (unpaired) electrons. The van der Waals surface area contributed by atoms with Gasteiger partial charge < -0.3 is 5.32 Å². The Morgan fingerprint density at radius 2 is 2.16 bits per heavy atom. The molecule has 0 amide bonds. The van der Waals surface area contributed by atoms with Gasteiger partial charge in [0, 0.05) is 30.9 Å². The summed E-state index contributed by atoms with van der Waals surface area (Å²) in [5.74, 6) is 1.80. The van der Waals surface area contributed by atoms with Crippen LogP contribution in [0.4, 0.5) is 0 Å². The first-order valence-corrected chi connectivity index (χ1v) is 7.18. The minimum Gasteiger partial charge on any atom is -0.316 e. The lowest BCUT2D eigenvalue weighted by Crippen LogP contribution is -2.39. The molecule has 2 aliphatic heterocycles. The van der Waals surface area contributed by atoms with E-state index in [2.05, 4.69) is 40.0 Å². The van der Waals surface area contributed by atoms with Crippen LogP contribution in [0.25, 0.3) is 0 Å². The summed E-state index contributed by atoms with van der Waals surface area (Å²) in [7, 11) is 0. The predicted octanol–water partition coefficient (Wildman–Crippen LogP) is 1.93. The molecule has 1 aromatic rings. The molecule has 2 unspecified atom stereocenters. The Kier molecular flexibility index (Phi) is 4.87. The Morgan fingerprint density at radius 1 is 1.37 bits per heavy atom. The quantitative estimate of drug-likeness (QED) is 0.921. The van der Waals surface area contributed by atoms with Crippen LogP contribution in [0.5, 0.6) is 0 Å². The lowest BCUT2D eigenvalue weighted by atomic mass is 9.88. The third-order valence-electron chi connectivity index (χ3n) is 4.38. The molecule has 2 saturated heterocycles. The van der Waals surface area contributed by atoms with Crippen LogP contribution in [0.1, 0.15) is 31.9 Å². The van der Waals surface area contributed by atoms with Gasteiger partial charge in [0.1, 0.15) is 0 Å². The first kappa shape index (κ1) is 14.8. The van der Waals surface area contributed by atoms with Gasteiger partial charge in [0.2, 0.25) is 0 Å². The third-order valence-corrected chi connectivity index (χ3v) is 4.38. The van der Waals surface area contributed by atoms with Gasteiger partial charge in [0.15, 0.2) is 0 Å². The van der Waals surface area contributed by atoms with Gasteiger partial charge in [0.25, 0.3) is 0 Å². The fourth-order valence-electron chi connectivity index (χ4n) is 3.25. The maximum atomic E-state index is 4.43. The van der Waals surface area contributed by atoms with Crippen LogP contribution >= 0.6 is 12.4 Å². The first-order valence-electron chi connectivity index (χ1n) is 7.18. The molecule has 2 aliphatic rings. The van der Waals surface area contributed by atoms with Gasteiger partial charge in [-0.15, -0.1) is 12.4 Å². The van der Waals surface area contributed by atoms with Crippen molar-refractivity contribution in [2.75, 3.05) is 26.2 Å². The fourth-order valence-corrected chi connectivity index (χ4v) is 3.25. The molecular weight excluding hydrogens is 260 g/mol. The summed E-state index contributed by atoms with van der Waals surface area (Å²) in [4.78, 5) is 2.59. The SMILES string of the molecule is CC(C)n1cc(CN2CCC3CNCC3C2)cn1.Cl. The van der Waals surface area contributed by atoms with Crippen molar-refractivity contribution >= 4 is 12.4 Å². The molecule has 0 aromatic carbocycles. The van der Waals surface area contributed by atoms with Gasteiger partial charge in [-0.1, -0.05) is 0 Å². The number of piperidine rings is 1. The molecule has 3 rings (SSSR count). The molecule has 4 nitrogen and oxygen atoms in total. The van der Waals surface area contributed by atoms with Crippen LogP contribution in [0, 0.1) is 11.8 Å². The highest BCUT2D eigenvalue weighted by Crippen LogP contribution is 2.27. The largest absolute Gasteiger partial charge is 0.316 e. The van der Waals surface area contributed by atoms with Crippen LogP contribution in [-0.2, 0) is 6.54 Å². The van der Waals surface area contributed by atoms with Crippen LogP contribution < -0.4 is 5.32 Å². The van der Waals surface area contributed by atoms with E-state index in [0.717, 1.165) is 18.4 Å². The van der Waals surface area contributed by atoms with Crippen LogP contribution in [0.15, 0.2) is 12.4 Å². The van der Waals surface area contributed by atoms with E-state index in [-0.39, 0.29) is 12.4 Å². The number of nitrogens with zero attached hydrogens (tertiary/aromatic N) is 3. The molecule has 0 aliphatic carbocycles. The average molecular weight is 285 g/mol. The van der Waals surface area contributed by atoms with Crippen LogP contribution in [0.3, 0.4) is 0 Å². The van der Waals surface area contributed by atoms with E-state index in [0.29, 0.717) is 6.04 Å². The molecule has 0 spiro atoms. The average Bonchev–Trinajstić information content (AvgIpc) is 2.96. The van der Waals surface area contributed by atoms with Gasteiger partial charge >= 0.3 is 0 Å². The van der Waals surface area contributed by atoms with Crippen molar-refractivity contribution < 1.29 is 0 Å². The molecule has 1 N–H and O–H groups in total. The van der Waals surface area contributed by atoms with Gasteiger partial charge in [-0.25, -0.2) is 0 Å². The topological polar surface area (TPSA) is 33.1 Å². The van der Waals surface area contributed by atoms with Gasteiger partial charge in [-0.05, 0) is 51.7 Å². The summed E-state index contributed by atoms with van der Waals surface area (Å²) < 4.78 is 2.05. The Labute approximate surface area is 122 Å². The zero-order valence-corrected chi connectivity index (χ0v) is 12.7. The maximum Gasteiger partial charge on any atom is 0.0534 e. The van der Waals surface area contributed by atoms with Crippen molar-refractivity contribution in [2.45, 2.75) is 32.9 Å². The van der Waals surface area contributed by atoms with E-state index in [4.69, 9.17) is 0 Å². The van der Waals surface area contributed by atoms with Crippen molar-refractivity contribution in [3.8, 4) is 0 Å². The van der Waals surface area contributed by atoms with E-state index in [1.807, 2.05) is 6.20 Å². The summed E-state index contributed by atoms with van der Waals surface area (Å²) in [6.45, 7) is 10.4. The summed E-state index contributed by atoms with van der Waals surface area (Å²) in [6.07, 6.45) is 5.58. The second-order valence-electron chi connectivity index (χ2n) is 6.12. The Hall–Kier alpha value is -0.580. The van der Waals surface area contributed by atoms with E-state index in [1.165, 1.54) is 38.2 Å². The van der Waals surface area contributed by atoms with Crippen molar-refractivity contribution in [2.24, 2.45) is 11.8 Å². The fraction of sp³-hybridized carbons (Fsp3) is 0.786. The molecule has 19 heavy (non-hydrogen) atoms. The molecule has 5 heteroatoms. The van der Waals surface area contributed by atoms with Crippen LogP contribution in [-0.4, -0.2) is 40.9 Å². The van der Waals surface area contributed by atoms with Crippen molar-refractivity contribution in [3.05, 3.63) is 18.0 Å². The molecule has 3 heterocycles. The monoisotopic (exact) mass is 284 g/mol. The zero-order chi connectivity index (χ0) is 12.5. The smallest absolute Gasteiger partial charge is 0.0534 e. The summed E-state index contributed by atoms with van der Waals surface area (Å²) in [5.41, 5.74) is 1.35. The Balaban J connectivity index is 0.00000133. The van der Waals surface area contributed by atoms with E-state index >= 15 is 0 Å². The number of rotatable bonds is 3. The number of hydrogen-bond donors (Lipinski definition) is 1. The van der Waals surface area contributed by atoms with Crippen LogP contribution in [0.2, 0.25) is 0 Å². The highest BCUT2D eigenvalue weighted by molar-refractivity contribution is 5.85. The summed E-state index contributed by atoms with van der Waals surface area (Å²) >= 11 is 0. The van der Waals surface area contributed by atoms with Gasteiger partial charge in [-0.3, -0.25) is 9.58 Å². The molecular formula is C14H25ClN4. The third kappa shape index (κ3) is 3.30.